The summed E-state index contributed by atoms with van der Waals surface area (Å²) in [6, 6.07) is 6.58. The Hall–Kier alpha value is -1.79. The molecule has 0 spiro atoms. The van der Waals surface area contributed by atoms with Crippen molar-refractivity contribution < 1.29 is 9.90 Å². The zero-order valence-corrected chi connectivity index (χ0v) is 8.53. The van der Waals surface area contributed by atoms with Crippen LogP contribution in [-0.2, 0) is 11.2 Å². The fourth-order valence-electron chi connectivity index (χ4n) is 1.21. The molecule has 0 aliphatic carbocycles. The summed E-state index contributed by atoms with van der Waals surface area (Å²) in [5.74, 6) is 4.73. The van der Waals surface area contributed by atoms with Crippen LogP contribution < -0.4 is 5.73 Å². The minimum atomic E-state index is -0.979. The maximum absolute atomic E-state index is 10.5. The Kier molecular flexibility index (Phi) is 3.90. The molecule has 0 bridgehead atoms. The van der Waals surface area contributed by atoms with Crippen LogP contribution in [0.15, 0.2) is 24.3 Å². The molecular formula is C12H13NO2. The lowest BCUT2D eigenvalue weighted by Gasteiger charge is -2.05. The summed E-state index contributed by atoms with van der Waals surface area (Å²) in [7, 11) is 0. The lowest BCUT2D eigenvalue weighted by molar-refractivity contribution is -0.138. The van der Waals surface area contributed by atoms with Crippen molar-refractivity contribution in [2.75, 3.05) is 0 Å². The van der Waals surface area contributed by atoms with Crippen LogP contribution >= 0.6 is 0 Å². The number of benzene rings is 1. The highest BCUT2D eigenvalue weighted by Crippen LogP contribution is 2.05. The van der Waals surface area contributed by atoms with Gasteiger partial charge < -0.3 is 10.8 Å². The van der Waals surface area contributed by atoms with Gasteiger partial charge in [-0.25, -0.2) is 0 Å². The number of carbonyl (C=O) groups is 1. The monoisotopic (exact) mass is 203 g/mol. The van der Waals surface area contributed by atoms with E-state index in [1.807, 2.05) is 24.3 Å². The first-order valence-corrected chi connectivity index (χ1v) is 4.63. The first-order chi connectivity index (χ1) is 7.13. The molecule has 78 valence electrons. The Morgan fingerprint density at radius 3 is 2.53 bits per heavy atom. The van der Waals surface area contributed by atoms with Crippen LogP contribution in [0.4, 0.5) is 0 Å². The van der Waals surface area contributed by atoms with E-state index < -0.39 is 12.0 Å². The second-order valence-corrected chi connectivity index (χ2v) is 3.22. The lowest BCUT2D eigenvalue weighted by Crippen LogP contribution is -2.32. The molecule has 3 nitrogen and oxygen atoms in total. The van der Waals surface area contributed by atoms with Gasteiger partial charge in [-0.3, -0.25) is 4.79 Å². The summed E-state index contributed by atoms with van der Waals surface area (Å²) in [5, 5.41) is 8.63. The minimum absolute atomic E-state index is 0.342. The van der Waals surface area contributed by atoms with Crippen LogP contribution in [0.2, 0.25) is 0 Å². The zero-order chi connectivity index (χ0) is 11.3. The van der Waals surface area contributed by atoms with Gasteiger partial charge in [-0.2, -0.15) is 0 Å². The Morgan fingerprint density at radius 1 is 1.47 bits per heavy atom. The van der Waals surface area contributed by atoms with E-state index in [0.717, 1.165) is 11.1 Å². The third-order valence-electron chi connectivity index (χ3n) is 2.00. The normalized spacial score (nSPS) is 11.3. The van der Waals surface area contributed by atoms with E-state index in [1.54, 1.807) is 6.92 Å². The van der Waals surface area contributed by atoms with Crippen molar-refractivity contribution in [3.8, 4) is 11.8 Å². The molecule has 0 radical (unpaired) electrons. The first kappa shape index (κ1) is 11.3. The van der Waals surface area contributed by atoms with Crippen molar-refractivity contribution in [1.82, 2.24) is 0 Å². The van der Waals surface area contributed by atoms with Gasteiger partial charge in [0.2, 0.25) is 0 Å². The molecule has 1 aromatic carbocycles. The number of nitrogens with two attached hydrogens (primary N) is 1. The number of carboxylic acids is 1. The van der Waals surface area contributed by atoms with Crippen LogP contribution in [0, 0.1) is 11.8 Å². The standard InChI is InChI=1S/C12H13NO2/c1-2-3-9-4-6-10(7-5-9)8-11(13)12(14)15/h4-7,11H,8,13H2,1H3,(H,14,15)/t11-/m0/s1. The zero-order valence-electron chi connectivity index (χ0n) is 8.53. The molecular weight excluding hydrogens is 190 g/mol. The molecule has 3 heteroatoms. The Morgan fingerprint density at radius 2 is 2.07 bits per heavy atom. The minimum Gasteiger partial charge on any atom is -0.480 e. The van der Waals surface area contributed by atoms with E-state index in [2.05, 4.69) is 11.8 Å². The average Bonchev–Trinajstić information content (AvgIpc) is 2.21. The quantitative estimate of drug-likeness (QED) is 0.721. The van der Waals surface area contributed by atoms with Gasteiger partial charge in [-0.05, 0) is 31.0 Å². The number of hydrogen-bond acceptors (Lipinski definition) is 2. The smallest absolute Gasteiger partial charge is 0.320 e. The summed E-state index contributed by atoms with van der Waals surface area (Å²) >= 11 is 0. The largest absolute Gasteiger partial charge is 0.480 e. The maximum atomic E-state index is 10.5. The Balaban J connectivity index is 2.71. The molecule has 0 heterocycles. The molecule has 0 fully saturated rings. The van der Waals surface area contributed by atoms with Crippen molar-refractivity contribution in [2.24, 2.45) is 5.73 Å². The van der Waals surface area contributed by atoms with Crippen molar-refractivity contribution in [1.29, 1.82) is 0 Å². The second kappa shape index (κ2) is 5.18. The molecule has 0 aliphatic heterocycles. The molecule has 1 aromatic rings. The highest BCUT2D eigenvalue weighted by Gasteiger charge is 2.11. The molecule has 0 saturated carbocycles. The third kappa shape index (κ3) is 3.45. The lowest BCUT2D eigenvalue weighted by atomic mass is 10.1. The molecule has 1 atom stereocenters. The van der Waals surface area contributed by atoms with E-state index in [9.17, 15) is 4.79 Å². The van der Waals surface area contributed by atoms with Gasteiger partial charge in [-0.15, -0.1) is 5.92 Å². The van der Waals surface area contributed by atoms with Crippen LogP contribution in [0.1, 0.15) is 18.1 Å². The molecule has 0 unspecified atom stereocenters. The maximum Gasteiger partial charge on any atom is 0.320 e. The average molecular weight is 203 g/mol. The van der Waals surface area contributed by atoms with E-state index in [0.29, 0.717) is 6.42 Å². The van der Waals surface area contributed by atoms with Crippen molar-refractivity contribution >= 4 is 5.97 Å². The van der Waals surface area contributed by atoms with Gasteiger partial charge >= 0.3 is 5.97 Å². The Bertz CT molecular complexity index is 398. The summed E-state index contributed by atoms with van der Waals surface area (Å²) in [6.45, 7) is 1.77. The predicted octanol–water partition coefficient (Wildman–Crippen LogP) is 1.01. The van der Waals surface area contributed by atoms with E-state index in [-0.39, 0.29) is 0 Å². The fraction of sp³-hybridized carbons (Fsp3) is 0.250. The third-order valence-corrected chi connectivity index (χ3v) is 2.00. The summed E-state index contributed by atoms with van der Waals surface area (Å²) < 4.78 is 0. The number of carboxylic acid groups (broad SMARTS) is 1. The van der Waals surface area contributed by atoms with Gasteiger partial charge in [0.25, 0.3) is 0 Å². The molecule has 15 heavy (non-hydrogen) atoms. The summed E-state index contributed by atoms with van der Waals surface area (Å²) in [4.78, 5) is 10.5. The van der Waals surface area contributed by atoms with Crippen LogP contribution in [0.25, 0.3) is 0 Å². The SMILES string of the molecule is CC#Cc1ccc(C[C@H](N)C(=O)O)cc1. The molecule has 0 saturated heterocycles. The van der Waals surface area contributed by atoms with E-state index >= 15 is 0 Å². The molecule has 1 rings (SSSR count). The van der Waals surface area contributed by atoms with Crippen molar-refractivity contribution in [2.45, 2.75) is 19.4 Å². The van der Waals surface area contributed by atoms with Crippen molar-refractivity contribution in [3.63, 3.8) is 0 Å². The Labute approximate surface area is 88.9 Å². The number of rotatable bonds is 3. The summed E-state index contributed by atoms with van der Waals surface area (Å²) in [6.07, 6.45) is 0.342. The van der Waals surface area contributed by atoms with Crippen LogP contribution in [0.3, 0.4) is 0 Å². The van der Waals surface area contributed by atoms with E-state index in [1.165, 1.54) is 0 Å². The van der Waals surface area contributed by atoms with Crippen LogP contribution in [0.5, 0.6) is 0 Å². The van der Waals surface area contributed by atoms with Gasteiger partial charge in [0.05, 0.1) is 0 Å². The number of aliphatic carboxylic acids is 1. The highest BCUT2D eigenvalue weighted by atomic mass is 16.4. The molecule has 3 N–H and O–H groups in total. The topological polar surface area (TPSA) is 63.3 Å². The molecule has 0 amide bonds. The second-order valence-electron chi connectivity index (χ2n) is 3.22. The predicted molar refractivity (Wildman–Crippen MR) is 58.3 cm³/mol. The highest BCUT2D eigenvalue weighted by molar-refractivity contribution is 5.73. The van der Waals surface area contributed by atoms with Gasteiger partial charge in [-0.1, -0.05) is 18.1 Å². The summed E-state index contributed by atoms with van der Waals surface area (Å²) in [5.41, 5.74) is 7.25. The fourth-order valence-corrected chi connectivity index (χ4v) is 1.21. The first-order valence-electron chi connectivity index (χ1n) is 4.63. The van der Waals surface area contributed by atoms with Gasteiger partial charge in [0, 0.05) is 5.56 Å². The van der Waals surface area contributed by atoms with Crippen LogP contribution in [-0.4, -0.2) is 17.1 Å². The van der Waals surface area contributed by atoms with Gasteiger partial charge in [0.1, 0.15) is 6.04 Å². The number of hydrogen-bond donors (Lipinski definition) is 2. The van der Waals surface area contributed by atoms with E-state index in [4.69, 9.17) is 10.8 Å². The molecule has 0 aliphatic rings. The van der Waals surface area contributed by atoms with Crippen molar-refractivity contribution in [3.05, 3.63) is 35.4 Å². The van der Waals surface area contributed by atoms with Gasteiger partial charge in [0.15, 0.2) is 0 Å². The molecule has 0 aromatic heterocycles.